The molecule has 2 aliphatic rings. The molecule has 0 unspecified atom stereocenters. The Labute approximate surface area is 163 Å². The molecule has 146 valence electrons. The minimum absolute atomic E-state index is 0.0130. The van der Waals surface area contributed by atoms with E-state index in [1.807, 2.05) is 30.3 Å². The number of nitrogens with zero attached hydrogens (tertiary/aromatic N) is 3. The lowest BCUT2D eigenvalue weighted by Crippen LogP contribution is -2.50. The van der Waals surface area contributed by atoms with Crippen molar-refractivity contribution in [2.24, 2.45) is 5.92 Å². The molecule has 4 rings (SSSR count). The van der Waals surface area contributed by atoms with E-state index in [2.05, 4.69) is 4.98 Å². The Bertz CT molecular complexity index is 815. The third kappa shape index (κ3) is 4.14. The van der Waals surface area contributed by atoms with Crippen molar-refractivity contribution in [3.05, 3.63) is 54.9 Å². The molecule has 0 spiro atoms. The van der Waals surface area contributed by atoms with Crippen molar-refractivity contribution in [2.45, 2.75) is 12.5 Å². The first-order valence-corrected chi connectivity index (χ1v) is 9.48. The van der Waals surface area contributed by atoms with Gasteiger partial charge in [-0.15, -0.1) is 0 Å². The summed E-state index contributed by atoms with van der Waals surface area (Å²) in [5.41, 5.74) is 0.861. The van der Waals surface area contributed by atoms with Crippen molar-refractivity contribution in [2.75, 3.05) is 37.7 Å². The summed E-state index contributed by atoms with van der Waals surface area (Å²) in [6.45, 7) is 1.76. The van der Waals surface area contributed by atoms with Crippen LogP contribution < -0.4 is 9.64 Å². The van der Waals surface area contributed by atoms with Gasteiger partial charge in [-0.3, -0.25) is 14.6 Å². The Kier molecular flexibility index (Phi) is 5.53. The molecule has 7 heteroatoms. The van der Waals surface area contributed by atoms with Crippen molar-refractivity contribution < 1.29 is 19.1 Å². The van der Waals surface area contributed by atoms with Gasteiger partial charge in [0.15, 0.2) is 6.61 Å². The van der Waals surface area contributed by atoms with Crippen LogP contribution in [0.15, 0.2) is 54.9 Å². The summed E-state index contributed by atoms with van der Waals surface area (Å²) in [4.78, 5) is 32.7. The molecule has 1 aromatic carbocycles. The topological polar surface area (TPSA) is 72.0 Å². The van der Waals surface area contributed by atoms with E-state index in [1.54, 1.807) is 34.3 Å². The van der Waals surface area contributed by atoms with E-state index >= 15 is 0 Å². The second kappa shape index (κ2) is 8.39. The molecule has 2 amide bonds. The number of para-hydroxylation sites is 1. The molecule has 0 radical (unpaired) electrons. The SMILES string of the molecule is O=C(COc1cccnc1)N1CC[C@@H]2OCC(=O)N(c3ccccc3)C[C@H]2C1. The normalized spacial score (nSPS) is 22.4. The summed E-state index contributed by atoms with van der Waals surface area (Å²) >= 11 is 0. The number of carbonyl (C=O) groups is 2. The number of rotatable bonds is 4. The monoisotopic (exact) mass is 381 g/mol. The zero-order valence-electron chi connectivity index (χ0n) is 15.6. The van der Waals surface area contributed by atoms with E-state index in [1.165, 1.54) is 0 Å². The maximum absolute atomic E-state index is 12.6. The first kappa shape index (κ1) is 18.4. The second-order valence-corrected chi connectivity index (χ2v) is 7.06. The van der Waals surface area contributed by atoms with E-state index in [4.69, 9.17) is 9.47 Å². The summed E-state index contributed by atoms with van der Waals surface area (Å²) in [5, 5.41) is 0. The highest BCUT2D eigenvalue weighted by Crippen LogP contribution is 2.27. The van der Waals surface area contributed by atoms with Gasteiger partial charge in [-0.25, -0.2) is 0 Å². The zero-order valence-corrected chi connectivity index (χ0v) is 15.6. The molecule has 7 nitrogen and oxygen atoms in total. The number of pyridine rings is 1. The number of piperidine rings is 1. The number of carbonyl (C=O) groups excluding carboxylic acids is 2. The molecule has 0 saturated carbocycles. The van der Waals surface area contributed by atoms with Gasteiger partial charge in [-0.2, -0.15) is 0 Å². The summed E-state index contributed by atoms with van der Waals surface area (Å²) in [5.74, 6) is 0.537. The predicted molar refractivity (Wildman–Crippen MR) is 103 cm³/mol. The van der Waals surface area contributed by atoms with E-state index < -0.39 is 0 Å². The molecule has 2 fully saturated rings. The van der Waals surface area contributed by atoms with Gasteiger partial charge in [0.05, 0.1) is 12.3 Å². The second-order valence-electron chi connectivity index (χ2n) is 7.06. The number of amides is 2. The molecule has 1 aromatic heterocycles. The molecule has 28 heavy (non-hydrogen) atoms. The van der Waals surface area contributed by atoms with E-state index in [-0.39, 0.29) is 37.0 Å². The van der Waals surface area contributed by atoms with Gasteiger partial charge in [0.1, 0.15) is 12.4 Å². The van der Waals surface area contributed by atoms with Gasteiger partial charge < -0.3 is 19.3 Å². The Balaban J connectivity index is 1.40. The van der Waals surface area contributed by atoms with Gasteiger partial charge in [0.25, 0.3) is 11.8 Å². The summed E-state index contributed by atoms with van der Waals surface area (Å²) < 4.78 is 11.4. The fourth-order valence-corrected chi connectivity index (χ4v) is 3.75. The van der Waals surface area contributed by atoms with Gasteiger partial charge in [-0.1, -0.05) is 18.2 Å². The average Bonchev–Trinajstić information content (AvgIpc) is 2.92. The van der Waals surface area contributed by atoms with Crippen molar-refractivity contribution in [3.8, 4) is 5.75 Å². The maximum atomic E-state index is 12.6. The number of anilines is 1. The molecule has 3 heterocycles. The predicted octanol–water partition coefficient (Wildman–Crippen LogP) is 1.74. The van der Waals surface area contributed by atoms with E-state index in [0.717, 1.165) is 12.1 Å². The smallest absolute Gasteiger partial charge is 0.260 e. The highest BCUT2D eigenvalue weighted by molar-refractivity contribution is 5.94. The largest absolute Gasteiger partial charge is 0.482 e. The van der Waals surface area contributed by atoms with E-state index in [9.17, 15) is 9.59 Å². The number of hydrogen-bond acceptors (Lipinski definition) is 5. The van der Waals surface area contributed by atoms with Crippen LogP contribution in [0.1, 0.15) is 6.42 Å². The summed E-state index contributed by atoms with van der Waals surface area (Å²) in [6.07, 6.45) is 3.95. The third-order valence-electron chi connectivity index (χ3n) is 5.22. The van der Waals surface area contributed by atoms with Crippen LogP contribution in [0.2, 0.25) is 0 Å². The van der Waals surface area contributed by atoms with Crippen molar-refractivity contribution in [3.63, 3.8) is 0 Å². The van der Waals surface area contributed by atoms with Gasteiger partial charge in [-0.05, 0) is 30.7 Å². The lowest BCUT2D eigenvalue weighted by Gasteiger charge is -2.38. The molecule has 0 N–H and O–H groups in total. The molecular formula is C21H23N3O4. The Morgan fingerprint density at radius 1 is 1.18 bits per heavy atom. The van der Waals surface area contributed by atoms with Gasteiger partial charge in [0.2, 0.25) is 0 Å². The first-order chi connectivity index (χ1) is 13.7. The van der Waals surface area contributed by atoms with Crippen LogP contribution in [-0.2, 0) is 14.3 Å². The fourth-order valence-electron chi connectivity index (χ4n) is 3.75. The maximum Gasteiger partial charge on any atom is 0.260 e. The molecule has 2 aliphatic heterocycles. The lowest BCUT2D eigenvalue weighted by atomic mass is 9.94. The number of hydrogen-bond donors (Lipinski definition) is 0. The quantitative estimate of drug-likeness (QED) is 0.807. The number of aromatic nitrogens is 1. The number of likely N-dealkylation sites (tertiary alicyclic amines) is 1. The number of fused-ring (bicyclic) bond motifs is 1. The van der Waals surface area contributed by atoms with E-state index in [0.29, 0.717) is 25.4 Å². The van der Waals surface area contributed by atoms with Crippen molar-refractivity contribution >= 4 is 17.5 Å². The summed E-state index contributed by atoms with van der Waals surface area (Å²) in [6, 6.07) is 13.1. The fraction of sp³-hybridized carbons (Fsp3) is 0.381. The minimum Gasteiger partial charge on any atom is -0.482 e. The van der Waals surface area contributed by atoms with Crippen molar-refractivity contribution in [1.82, 2.24) is 9.88 Å². The molecule has 0 aliphatic carbocycles. The van der Waals surface area contributed by atoms with Gasteiger partial charge in [0, 0.05) is 37.4 Å². The third-order valence-corrected chi connectivity index (χ3v) is 5.22. The zero-order chi connectivity index (χ0) is 19.3. The number of benzene rings is 1. The Morgan fingerprint density at radius 2 is 2.04 bits per heavy atom. The highest BCUT2D eigenvalue weighted by Gasteiger charge is 2.37. The minimum atomic E-state index is -0.0656. The molecule has 2 aromatic rings. The van der Waals surface area contributed by atoms with Crippen LogP contribution in [0.4, 0.5) is 5.69 Å². The Morgan fingerprint density at radius 3 is 2.82 bits per heavy atom. The van der Waals surface area contributed by atoms with Crippen LogP contribution in [0.5, 0.6) is 5.75 Å². The molecule has 2 saturated heterocycles. The Hall–Kier alpha value is -2.93. The summed E-state index contributed by atoms with van der Waals surface area (Å²) in [7, 11) is 0. The van der Waals surface area contributed by atoms with Crippen LogP contribution in [-0.4, -0.2) is 60.7 Å². The van der Waals surface area contributed by atoms with Gasteiger partial charge >= 0.3 is 0 Å². The van der Waals surface area contributed by atoms with Crippen LogP contribution in [0.3, 0.4) is 0 Å². The molecule has 0 bridgehead atoms. The number of ether oxygens (including phenoxy) is 2. The average molecular weight is 381 g/mol. The van der Waals surface area contributed by atoms with Crippen LogP contribution >= 0.6 is 0 Å². The first-order valence-electron chi connectivity index (χ1n) is 9.48. The highest BCUT2D eigenvalue weighted by atomic mass is 16.5. The molecular weight excluding hydrogens is 358 g/mol. The standard InChI is InChI=1S/C21H23N3O4/c25-20(14-27-18-7-4-9-22-11-18)23-10-8-19-16(12-23)13-24(21(26)15-28-19)17-5-2-1-3-6-17/h1-7,9,11,16,19H,8,10,12-15H2/t16-,19+/m1/s1. The lowest BCUT2D eigenvalue weighted by molar-refractivity contribution is -0.138. The van der Waals surface area contributed by atoms with Crippen LogP contribution in [0.25, 0.3) is 0 Å². The molecule has 2 atom stereocenters. The van der Waals surface area contributed by atoms with Crippen LogP contribution in [0, 0.1) is 5.92 Å². The van der Waals surface area contributed by atoms with Crippen molar-refractivity contribution in [1.29, 1.82) is 0 Å².